The van der Waals surface area contributed by atoms with E-state index in [4.69, 9.17) is 10.3 Å². The van der Waals surface area contributed by atoms with E-state index in [9.17, 15) is 9.67 Å². The van der Waals surface area contributed by atoms with Crippen molar-refractivity contribution in [1.82, 2.24) is 0 Å². The fourth-order valence-corrected chi connectivity index (χ4v) is 3.60. The molecule has 0 fully saturated rings. The van der Waals surface area contributed by atoms with E-state index in [0.29, 0.717) is 11.9 Å². The van der Waals surface area contributed by atoms with Crippen LogP contribution in [0.25, 0.3) is 0 Å². The molecule has 0 heterocycles. The van der Waals surface area contributed by atoms with Crippen molar-refractivity contribution < 1.29 is 14.2 Å². The first kappa shape index (κ1) is 13.4. The molecule has 0 aromatic heterocycles. The van der Waals surface area contributed by atoms with Gasteiger partial charge in [-0.3, -0.25) is 4.57 Å². The van der Waals surface area contributed by atoms with E-state index in [0.717, 1.165) is 0 Å². The molecule has 0 aliphatic rings. The molecule has 2 unspecified atom stereocenters. The molecule has 90 valence electrons. The second kappa shape index (κ2) is 6.16. The average Bonchev–Trinajstić information content (AvgIpc) is 2.30. The Balaban J connectivity index is 3.01. The van der Waals surface area contributed by atoms with Crippen molar-refractivity contribution in [2.45, 2.75) is 19.2 Å². The Morgan fingerprint density at radius 3 is 2.56 bits per heavy atom. The van der Waals surface area contributed by atoms with Crippen molar-refractivity contribution in [3.8, 4) is 0 Å². The molecule has 0 saturated heterocycles. The molecular weight excluding hydrogens is 225 g/mol. The summed E-state index contributed by atoms with van der Waals surface area (Å²) in [5, 5.41) is 10.4. The molecular formula is C11H18NO3P. The van der Waals surface area contributed by atoms with Gasteiger partial charge in [0, 0.05) is 5.30 Å². The van der Waals surface area contributed by atoms with Crippen LogP contribution in [0.1, 0.15) is 13.3 Å². The fraction of sp³-hybridized carbons (Fsp3) is 0.455. The minimum absolute atomic E-state index is 0.270. The topological polar surface area (TPSA) is 72.5 Å². The third kappa shape index (κ3) is 2.92. The van der Waals surface area contributed by atoms with Crippen molar-refractivity contribution in [3.05, 3.63) is 30.3 Å². The first-order chi connectivity index (χ1) is 7.65. The van der Waals surface area contributed by atoms with Crippen LogP contribution < -0.4 is 11.0 Å². The number of aliphatic hydroxyl groups is 1. The van der Waals surface area contributed by atoms with Crippen molar-refractivity contribution in [2.75, 3.05) is 13.2 Å². The molecule has 0 bridgehead atoms. The summed E-state index contributed by atoms with van der Waals surface area (Å²) in [7, 11) is -3.20. The first-order valence-electron chi connectivity index (χ1n) is 5.33. The van der Waals surface area contributed by atoms with E-state index < -0.39 is 13.2 Å². The molecule has 16 heavy (non-hydrogen) atoms. The van der Waals surface area contributed by atoms with E-state index in [2.05, 4.69) is 0 Å². The highest BCUT2D eigenvalue weighted by Gasteiger charge is 2.33. The summed E-state index contributed by atoms with van der Waals surface area (Å²) in [5.41, 5.74) is 5.36. The minimum atomic E-state index is -3.20. The fourth-order valence-electron chi connectivity index (χ4n) is 1.48. The number of aliphatic hydroxyl groups excluding tert-OH is 1. The van der Waals surface area contributed by atoms with E-state index in [1.165, 1.54) is 0 Å². The third-order valence-electron chi connectivity index (χ3n) is 2.25. The van der Waals surface area contributed by atoms with Crippen molar-refractivity contribution in [2.24, 2.45) is 5.73 Å². The number of hydrogen-bond acceptors (Lipinski definition) is 4. The van der Waals surface area contributed by atoms with Gasteiger partial charge in [-0.1, -0.05) is 18.2 Å². The lowest BCUT2D eigenvalue weighted by Gasteiger charge is -2.23. The second-order valence-corrected chi connectivity index (χ2v) is 5.97. The van der Waals surface area contributed by atoms with Crippen LogP contribution in [-0.4, -0.2) is 24.1 Å². The molecule has 1 aromatic rings. The summed E-state index contributed by atoms with van der Waals surface area (Å²) in [6, 6.07) is 8.79. The second-order valence-electron chi connectivity index (χ2n) is 3.41. The van der Waals surface area contributed by atoms with Gasteiger partial charge in [0.1, 0.15) is 5.85 Å². The van der Waals surface area contributed by atoms with E-state index >= 15 is 0 Å². The van der Waals surface area contributed by atoms with Crippen LogP contribution in [-0.2, 0) is 9.09 Å². The highest BCUT2D eigenvalue weighted by Crippen LogP contribution is 2.50. The average molecular weight is 243 g/mol. The lowest BCUT2D eigenvalue weighted by atomic mass is 10.4. The Bertz CT molecular complexity index is 356. The van der Waals surface area contributed by atoms with Crippen LogP contribution in [0.15, 0.2) is 30.3 Å². The molecule has 0 amide bonds. The van der Waals surface area contributed by atoms with Gasteiger partial charge in [-0.25, -0.2) is 0 Å². The summed E-state index contributed by atoms with van der Waals surface area (Å²) in [5.74, 6) is -1.03. The Kier molecular flexibility index (Phi) is 5.16. The number of nitrogens with two attached hydrogens (primary N) is 1. The van der Waals surface area contributed by atoms with Crippen LogP contribution >= 0.6 is 7.37 Å². The molecule has 0 saturated carbocycles. The SMILES string of the molecule is CCOP(=O)(c1ccccc1)C(O)CCN. The van der Waals surface area contributed by atoms with Crippen molar-refractivity contribution in [3.63, 3.8) is 0 Å². The standard InChI is InChI=1S/C11H18NO3P/c1-2-15-16(14,11(13)8-9-12)10-6-4-3-5-7-10/h3-7,11,13H,2,8-9,12H2,1H3. The molecule has 0 radical (unpaired) electrons. The highest BCUT2D eigenvalue weighted by atomic mass is 31.2. The molecule has 0 spiro atoms. The van der Waals surface area contributed by atoms with Gasteiger partial charge in [0.05, 0.1) is 6.61 Å². The van der Waals surface area contributed by atoms with Gasteiger partial charge in [0.25, 0.3) is 7.37 Å². The van der Waals surface area contributed by atoms with Gasteiger partial charge in [0.15, 0.2) is 0 Å². The zero-order valence-electron chi connectivity index (χ0n) is 9.37. The van der Waals surface area contributed by atoms with Gasteiger partial charge in [-0.2, -0.15) is 0 Å². The Morgan fingerprint density at radius 2 is 2.06 bits per heavy atom. The maximum atomic E-state index is 12.6. The van der Waals surface area contributed by atoms with Crippen LogP contribution in [0.5, 0.6) is 0 Å². The van der Waals surface area contributed by atoms with Gasteiger partial charge < -0.3 is 15.4 Å². The van der Waals surface area contributed by atoms with Crippen LogP contribution in [0, 0.1) is 0 Å². The lowest BCUT2D eigenvalue weighted by Crippen LogP contribution is -2.22. The molecule has 1 rings (SSSR count). The molecule has 1 aromatic carbocycles. The predicted octanol–water partition coefficient (Wildman–Crippen LogP) is 1.29. The zero-order chi connectivity index (χ0) is 12.0. The largest absolute Gasteiger partial charge is 0.383 e. The first-order valence-corrected chi connectivity index (χ1v) is 7.02. The maximum absolute atomic E-state index is 12.6. The third-order valence-corrected chi connectivity index (χ3v) is 4.96. The number of rotatable bonds is 6. The van der Waals surface area contributed by atoms with Crippen LogP contribution in [0.3, 0.4) is 0 Å². The van der Waals surface area contributed by atoms with Gasteiger partial charge in [-0.05, 0) is 32.0 Å². The minimum Gasteiger partial charge on any atom is -0.383 e. The number of hydrogen-bond donors (Lipinski definition) is 2. The summed E-state index contributed by atoms with van der Waals surface area (Å²) in [4.78, 5) is 0. The summed E-state index contributed by atoms with van der Waals surface area (Å²) < 4.78 is 17.9. The van der Waals surface area contributed by atoms with E-state index in [1.807, 2.05) is 6.07 Å². The van der Waals surface area contributed by atoms with E-state index in [1.54, 1.807) is 31.2 Å². The molecule has 2 atom stereocenters. The predicted molar refractivity (Wildman–Crippen MR) is 65.0 cm³/mol. The Morgan fingerprint density at radius 1 is 1.44 bits per heavy atom. The molecule has 5 heteroatoms. The molecule has 4 nitrogen and oxygen atoms in total. The monoisotopic (exact) mass is 243 g/mol. The number of benzene rings is 1. The highest BCUT2D eigenvalue weighted by molar-refractivity contribution is 7.67. The normalized spacial score (nSPS) is 16.7. The summed E-state index contributed by atoms with van der Waals surface area (Å²) in [6.45, 7) is 2.34. The van der Waals surface area contributed by atoms with E-state index in [-0.39, 0.29) is 13.0 Å². The molecule has 0 aliphatic heterocycles. The van der Waals surface area contributed by atoms with Crippen molar-refractivity contribution >= 4 is 12.7 Å². The van der Waals surface area contributed by atoms with Gasteiger partial charge in [0.2, 0.25) is 0 Å². The molecule has 3 N–H and O–H groups in total. The van der Waals surface area contributed by atoms with Crippen molar-refractivity contribution in [1.29, 1.82) is 0 Å². The van der Waals surface area contributed by atoms with Gasteiger partial charge in [-0.15, -0.1) is 0 Å². The zero-order valence-corrected chi connectivity index (χ0v) is 10.3. The maximum Gasteiger partial charge on any atom is 0.259 e. The van der Waals surface area contributed by atoms with Crippen LogP contribution in [0.4, 0.5) is 0 Å². The Hall–Kier alpha value is -0.670. The van der Waals surface area contributed by atoms with Gasteiger partial charge >= 0.3 is 0 Å². The smallest absolute Gasteiger partial charge is 0.259 e. The Labute approximate surface area is 95.9 Å². The lowest BCUT2D eigenvalue weighted by molar-refractivity contribution is 0.208. The quantitative estimate of drug-likeness (QED) is 0.738. The molecule has 0 aliphatic carbocycles. The van der Waals surface area contributed by atoms with Crippen LogP contribution in [0.2, 0.25) is 0 Å². The summed E-state index contributed by atoms with van der Waals surface area (Å²) in [6.07, 6.45) is 0.270. The summed E-state index contributed by atoms with van der Waals surface area (Å²) >= 11 is 0.